The number of β-amino-alcohol motifs (C(OH)–C–C–N with tert-alkyl or cyclic N) is 1. The number of anilines is 1. The maximum atomic E-state index is 12.7. The molecule has 2 N–H and O–H groups in total. The van der Waals surface area contributed by atoms with E-state index in [2.05, 4.69) is 15.2 Å². The van der Waals surface area contributed by atoms with Gasteiger partial charge in [0.1, 0.15) is 0 Å². The molecule has 5 nitrogen and oxygen atoms in total. The van der Waals surface area contributed by atoms with Crippen molar-refractivity contribution in [3.8, 4) is 0 Å². The van der Waals surface area contributed by atoms with E-state index in [0.29, 0.717) is 19.0 Å². The number of pyridine rings is 1. The molecule has 2 heterocycles. The molecule has 2 aliphatic rings. The van der Waals surface area contributed by atoms with E-state index in [1.165, 1.54) is 0 Å². The topological polar surface area (TPSA) is 65.5 Å². The molecule has 1 aliphatic carbocycles. The zero-order valence-corrected chi connectivity index (χ0v) is 12.3. The normalized spacial score (nSPS) is 25.5. The average molecular weight is 297 g/mol. The lowest BCUT2D eigenvalue weighted by molar-refractivity contribution is -0.120. The Morgan fingerprint density at radius 1 is 1.27 bits per heavy atom. The van der Waals surface area contributed by atoms with Gasteiger partial charge in [0.2, 0.25) is 5.91 Å². The van der Waals surface area contributed by atoms with Gasteiger partial charge in [-0.1, -0.05) is 18.2 Å². The number of rotatable bonds is 3. The van der Waals surface area contributed by atoms with Crippen LogP contribution in [0.2, 0.25) is 0 Å². The van der Waals surface area contributed by atoms with Gasteiger partial charge in [-0.3, -0.25) is 14.7 Å². The standard InChI is InChI=1S/C17H19N3O2/c21-13-9-15(20(10-13)12-6-7-12)17(22)19-14-5-1-3-11-4-2-8-18-16(11)14/h1-5,8,12-13,15,21H,6-7,9-10H2,(H,19,22)/t13-,15+/m1/s1. The van der Waals surface area contributed by atoms with E-state index in [9.17, 15) is 9.90 Å². The molecule has 114 valence electrons. The van der Waals surface area contributed by atoms with Crippen LogP contribution < -0.4 is 5.32 Å². The fourth-order valence-corrected chi connectivity index (χ4v) is 3.33. The zero-order valence-electron chi connectivity index (χ0n) is 12.3. The number of likely N-dealkylation sites (tertiary alicyclic amines) is 1. The summed E-state index contributed by atoms with van der Waals surface area (Å²) < 4.78 is 0. The molecule has 22 heavy (non-hydrogen) atoms. The van der Waals surface area contributed by atoms with Crippen LogP contribution in [-0.4, -0.2) is 45.6 Å². The highest BCUT2D eigenvalue weighted by atomic mass is 16.3. The summed E-state index contributed by atoms with van der Waals surface area (Å²) in [7, 11) is 0. The summed E-state index contributed by atoms with van der Waals surface area (Å²) in [4.78, 5) is 19.2. The van der Waals surface area contributed by atoms with Crippen LogP contribution in [0.4, 0.5) is 5.69 Å². The Morgan fingerprint density at radius 3 is 2.91 bits per heavy atom. The first-order valence-corrected chi connectivity index (χ1v) is 7.81. The van der Waals surface area contributed by atoms with Crippen LogP contribution in [0.5, 0.6) is 0 Å². The molecule has 5 heteroatoms. The summed E-state index contributed by atoms with van der Waals surface area (Å²) in [6.07, 6.45) is 4.11. The van der Waals surface area contributed by atoms with Gasteiger partial charge in [-0.25, -0.2) is 0 Å². The number of hydrogen-bond acceptors (Lipinski definition) is 4. The van der Waals surface area contributed by atoms with Crippen molar-refractivity contribution in [2.24, 2.45) is 0 Å². The molecule has 1 amide bonds. The number of para-hydroxylation sites is 1. The second kappa shape index (κ2) is 5.34. The highest BCUT2D eigenvalue weighted by Gasteiger charge is 2.43. The number of carbonyl (C=O) groups is 1. The molecule has 2 fully saturated rings. The van der Waals surface area contributed by atoms with E-state index in [4.69, 9.17) is 0 Å². The van der Waals surface area contributed by atoms with Crippen LogP contribution in [0.25, 0.3) is 10.9 Å². The smallest absolute Gasteiger partial charge is 0.241 e. The van der Waals surface area contributed by atoms with E-state index in [-0.39, 0.29) is 11.9 Å². The fraction of sp³-hybridized carbons (Fsp3) is 0.412. The predicted octanol–water partition coefficient (Wildman–Crippen LogP) is 1.77. The minimum atomic E-state index is -0.401. The van der Waals surface area contributed by atoms with Crippen molar-refractivity contribution < 1.29 is 9.90 Å². The molecule has 1 saturated carbocycles. The minimum Gasteiger partial charge on any atom is -0.392 e. The van der Waals surface area contributed by atoms with Crippen molar-refractivity contribution >= 4 is 22.5 Å². The lowest BCUT2D eigenvalue weighted by Crippen LogP contribution is -2.40. The molecule has 0 unspecified atom stereocenters. The lowest BCUT2D eigenvalue weighted by Gasteiger charge is -2.23. The second-order valence-corrected chi connectivity index (χ2v) is 6.20. The summed E-state index contributed by atoms with van der Waals surface area (Å²) in [5.74, 6) is -0.0402. The highest BCUT2D eigenvalue weighted by molar-refractivity contribution is 6.02. The zero-order chi connectivity index (χ0) is 15.1. The first-order chi connectivity index (χ1) is 10.7. The largest absolute Gasteiger partial charge is 0.392 e. The molecule has 1 aromatic carbocycles. The summed E-state index contributed by atoms with van der Waals surface area (Å²) >= 11 is 0. The van der Waals surface area contributed by atoms with Crippen LogP contribution >= 0.6 is 0 Å². The quantitative estimate of drug-likeness (QED) is 0.906. The Labute approximate surface area is 129 Å². The summed E-state index contributed by atoms with van der Waals surface area (Å²) in [5.41, 5.74) is 1.54. The van der Waals surface area contributed by atoms with Gasteiger partial charge in [0.05, 0.1) is 23.3 Å². The van der Waals surface area contributed by atoms with Crippen LogP contribution in [0, 0.1) is 0 Å². The van der Waals surface area contributed by atoms with Crippen molar-refractivity contribution in [2.75, 3.05) is 11.9 Å². The van der Waals surface area contributed by atoms with Crippen molar-refractivity contribution in [1.29, 1.82) is 0 Å². The van der Waals surface area contributed by atoms with E-state index in [0.717, 1.165) is 29.4 Å². The van der Waals surface area contributed by atoms with Crippen molar-refractivity contribution in [3.05, 3.63) is 36.5 Å². The predicted molar refractivity (Wildman–Crippen MR) is 84.5 cm³/mol. The SMILES string of the molecule is O=C(Nc1cccc2cccnc12)[C@@H]1C[C@@H](O)CN1C1CC1. The minimum absolute atomic E-state index is 0.0402. The Kier molecular flexibility index (Phi) is 3.32. The van der Waals surface area contributed by atoms with Crippen molar-refractivity contribution in [1.82, 2.24) is 9.88 Å². The van der Waals surface area contributed by atoms with E-state index in [1.807, 2.05) is 30.3 Å². The molecule has 0 bridgehead atoms. The molecule has 4 rings (SSSR count). The van der Waals surface area contributed by atoms with Crippen LogP contribution in [-0.2, 0) is 4.79 Å². The van der Waals surface area contributed by atoms with Gasteiger partial charge in [-0.05, 0) is 31.4 Å². The Morgan fingerprint density at radius 2 is 2.09 bits per heavy atom. The number of amides is 1. The summed E-state index contributed by atoms with van der Waals surface area (Å²) in [6, 6.07) is 9.87. The van der Waals surface area contributed by atoms with Gasteiger partial charge in [0, 0.05) is 24.2 Å². The monoisotopic (exact) mass is 297 g/mol. The molecule has 0 radical (unpaired) electrons. The number of carbonyl (C=O) groups excluding carboxylic acids is 1. The van der Waals surface area contributed by atoms with E-state index >= 15 is 0 Å². The first kappa shape index (κ1) is 13.7. The molecular weight excluding hydrogens is 278 g/mol. The van der Waals surface area contributed by atoms with Gasteiger partial charge in [-0.2, -0.15) is 0 Å². The average Bonchev–Trinajstić information content (AvgIpc) is 3.30. The Hall–Kier alpha value is -1.98. The van der Waals surface area contributed by atoms with Crippen molar-refractivity contribution in [3.63, 3.8) is 0 Å². The Balaban J connectivity index is 1.58. The second-order valence-electron chi connectivity index (χ2n) is 6.20. The molecular formula is C17H19N3O2. The van der Waals surface area contributed by atoms with Crippen LogP contribution in [0.1, 0.15) is 19.3 Å². The number of aliphatic hydroxyl groups is 1. The maximum Gasteiger partial charge on any atom is 0.241 e. The molecule has 0 spiro atoms. The van der Waals surface area contributed by atoms with Gasteiger partial charge in [0.25, 0.3) is 0 Å². The highest BCUT2D eigenvalue weighted by Crippen LogP contribution is 2.34. The number of aliphatic hydroxyl groups excluding tert-OH is 1. The maximum absolute atomic E-state index is 12.7. The number of hydrogen-bond donors (Lipinski definition) is 2. The van der Waals surface area contributed by atoms with Gasteiger partial charge in [-0.15, -0.1) is 0 Å². The number of fused-ring (bicyclic) bond motifs is 1. The number of nitrogens with one attached hydrogen (secondary N) is 1. The van der Waals surface area contributed by atoms with E-state index < -0.39 is 6.10 Å². The summed E-state index contributed by atoms with van der Waals surface area (Å²) in [6.45, 7) is 0.608. The molecule has 1 aromatic heterocycles. The van der Waals surface area contributed by atoms with Crippen LogP contribution in [0.15, 0.2) is 36.5 Å². The van der Waals surface area contributed by atoms with Gasteiger partial charge >= 0.3 is 0 Å². The molecule has 2 aromatic rings. The van der Waals surface area contributed by atoms with E-state index in [1.54, 1.807) is 6.20 Å². The molecule has 1 aliphatic heterocycles. The summed E-state index contributed by atoms with van der Waals surface area (Å²) in [5, 5.41) is 13.9. The number of benzene rings is 1. The molecule has 2 atom stereocenters. The third kappa shape index (κ3) is 2.46. The molecule has 1 saturated heterocycles. The van der Waals surface area contributed by atoms with Gasteiger partial charge in [0.15, 0.2) is 0 Å². The van der Waals surface area contributed by atoms with Crippen molar-refractivity contribution in [2.45, 2.75) is 37.5 Å². The van der Waals surface area contributed by atoms with Gasteiger partial charge < -0.3 is 10.4 Å². The lowest BCUT2D eigenvalue weighted by atomic mass is 10.1. The number of nitrogens with zero attached hydrogens (tertiary/aromatic N) is 2. The Bertz CT molecular complexity index is 709. The van der Waals surface area contributed by atoms with Crippen LogP contribution in [0.3, 0.4) is 0 Å². The number of aromatic nitrogens is 1. The fourth-order valence-electron chi connectivity index (χ4n) is 3.33. The first-order valence-electron chi connectivity index (χ1n) is 7.81. The third-order valence-electron chi connectivity index (χ3n) is 4.53. The third-order valence-corrected chi connectivity index (χ3v) is 4.53.